The van der Waals surface area contributed by atoms with Crippen LogP contribution in [0.4, 0.5) is 0 Å². The second-order valence-electron chi connectivity index (χ2n) is 8.74. The molecule has 3 N–H and O–H groups in total. The maximum Gasteiger partial charge on any atom is 0.303 e. The van der Waals surface area contributed by atoms with Gasteiger partial charge in [-0.2, -0.15) is 0 Å². The van der Waals surface area contributed by atoms with Crippen LogP contribution in [0.2, 0.25) is 0 Å². The molecule has 2 aromatic rings. The van der Waals surface area contributed by atoms with Crippen LogP contribution in [0.15, 0.2) is 47.9 Å². The first-order valence-electron chi connectivity index (χ1n) is 11.1. The number of phenols is 1. The third-order valence-corrected chi connectivity index (χ3v) is 7.69. The Hall–Kier alpha value is -2.60. The van der Waals surface area contributed by atoms with Gasteiger partial charge in [-0.25, -0.2) is 0 Å². The zero-order chi connectivity index (χ0) is 21.8. The Morgan fingerprint density at radius 3 is 2.81 bits per heavy atom. The number of carboxylic acids is 1. The van der Waals surface area contributed by atoms with Gasteiger partial charge in [0.15, 0.2) is 0 Å². The van der Waals surface area contributed by atoms with Crippen LogP contribution in [-0.2, 0) is 4.79 Å². The van der Waals surface area contributed by atoms with Gasteiger partial charge in [-0.05, 0) is 80.0 Å². The second-order valence-corrected chi connectivity index (χ2v) is 9.65. The molecule has 0 saturated heterocycles. The Kier molecular flexibility index (Phi) is 6.76. The molecule has 2 aliphatic carbocycles. The minimum absolute atomic E-state index is 0.0179. The molecule has 1 aromatic heterocycles. The molecule has 2 saturated carbocycles. The van der Waals surface area contributed by atoms with Gasteiger partial charge in [-0.3, -0.25) is 9.59 Å². The normalized spacial score (nSPS) is 24.6. The number of benzene rings is 1. The lowest BCUT2D eigenvalue weighted by Crippen LogP contribution is -2.43. The highest BCUT2D eigenvalue weighted by Gasteiger charge is 2.47. The number of aromatic hydroxyl groups is 1. The summed E-state index contributed by atoms with van der Waals surface area (Å²) in [5.74, 6) is 1.15. The van der Waals surface area contributed by atoms with Crippen molar-refractivity contribution in [2.24, 2.45) is 17.8 Å². The fraction of sp³-hybridized carbons (Fsp3) is 0.440. The summed E-state index contributed by atoms with van der Waals surface area (Å²) in [5, 5.41) is 23.7. The van der Waals surface area contributed by atoms with E-state index < -0.39 is 5.97 Å². The van der Waals surface area contributed by atoms with Crippen molar-refractivity contribution in [3.05, 3.63) is 53.4 Å². The topological polar surface area (TPSA) is 86.6 Å². The Labute approximate surface area is 186 Å². The number of aliphatic carboxylic acids is 1. The highest BCUT2D eigenvalue weighted by molar-refractivity contribution is 7.13. The average molecular weight is 440 g/mol. The van der Waals surface area contributed by atoms with E-state index in [1.807, 2.05) is 17.5 Å². The Balaban J connectivity index is 1.36. The van der Waals surface area contributed by atoms with E-state index in [-0.39, 0.29) is 24.1 Å². The molecule has 6 heteroatoms. The molecule has 1 amide bonds. The van der Waals surface area contributed by atoms with Crippen molar-refractivity contribution in [1.82, 2.24) is 5.32 Å². The summed E-state index contributed by atoms with van der Waals surface area (Å²) < 4.78 is 0. The van der Waals surface area contributed by atoms with E-state index >= 15 is 0 Å². The molecule has 5 nitrogen and oxygen atoms in total. The predicted octanol–water partition coefficient (Wildman–Crippen LogP) is 5.47. The quantitative estimate of drug-likeness (QED) is 0.357. The highest BCUT2D eigenvalue weighted by Crippen LogP contribution is 2.50. The van der Waals surface area contributed by atoms with Gasteiger partial charge in [0.1, 0.15) is 5.75 Å². The van der Waals surface area contributed by atoms with Crippen LogP contribution < -0.4 is 5.32 Å². The lowest BCUT2D eigenvalue weighted by molar-refractivity contribution is -0.137. The van der Waals surface area contributed by atoms with Crippen molar-refractivity contribution in [1.29, 1.82) is 0 Å². The zero-order valence-corrected chi connectivity index (χ0v) is 18.3. The Bertz CT molecular complexity index is 966. The summed E-state index contributed by atoms with van der Waals surface area (Å²) in [6.07, 6.45) is 10.5. The number of fused-ring (bicyclic) bond motifs is 2. The summed E-state index contributed by atoms with van der Waals surface area (Å²) in [7, 11) is 0. The SMILES string of the molecule is O=C(O)CCC/C=C\C[C@@H]1[C@@H]2CC[C@@H](C2)[C@H]1NC(=O)c1csc(-c2cccc(O)c2)c1. The minimum atomic E-state index is -0.745. The average Bonchev–Trinajstić information content (AvgIpc) is 3.47. The number of hydrogen-bond donors (Lipinski definition) is 3. The molecule has 0 spiro atoms. The molecular formula is C25H29NO4S. The van der Waals surface area contributed by atoms with Crippen molar-refractivity contribution < 1.29 is 19.8 Å². The van der Waals surface area contributed by atoms with E-state index in [1.165, 1.54) is 30.6 Å². The lowest BCUT2D eigenvalue weighted by Gasteiger charge is -2.31. The molecule has 4 atom stereocenters. The number of allylic oxidation sites excluding steroid dienone is 2. The fourth-order valence-corrected chi connectivity index (χ4v) is 6.10. The maximum absolute atomic E-state index is 13.0. The van der Waals surface area contributed by atoms with Gasteiger partial charge >= 0.3 is 5.97 Å². The number of hydrogen-bond acceptors (Lipinski definition) is 4. The molecule has 2 fully saturated rings. The molecule has 0 unspecified atom stereocenters. The third-order valence-electron chi connectivity index (χ3n) is 6.71. The van der Waals surface area contributed by atoms with E-state index in [0.29, 0.717) is 29.7 Å². The first-order valence-corrected chi connectivity index (χ1v) is 11.9. The van der Waals surface area contributed by atoms with Crippen LogP contribution in [0.25, 0.3) is 10.4 Å². The number of carbonyl (C=O) groups excluding carboxylic acids is 1. The maximum atomic E-state index is 13.0. The molecular weight excluding hydrogens is 410 g/mol. The van der Waals surface area contributed by atoms with Crippen molar-refractivity contribution >= 4 is 23.2 Å². The van der Waals surface area contributed by atoms with E-state index in [0.717, 1.165) is 23.3 Å². The number of carbonyl (C=O) groups is 2. The number of nitrogens with one attached hydrogen (secondary N) is 1. The highest BCUT2D eigenvalue weighted by atomic mass is 32.1. The predicted molar refractivity (Wildman–Crippen MR) is 122 cm³/mol. The van der Waals surface area contributed by atoms with Crippen LogP contribution >= 0.6 is 11.3 Å². The van der Waals surface area contributed by atoms with Gasteiger partial charge in [0.25, 0.3) is 5.91 Å². The third kappa shape index (κ3) is 5.18. The van der Waals surface area contributed by atoms with E-state index in [1.54, 1.807) is 18.2 Å². The minimum Gasteiger partial charge on any atom is -0.508 e. The summed E-state index contributed by atoms with van der Waals surface area (Å²) >= 11 is 1.51. The summed E-state index contributed by atoms with van der Waals surface area (Å²) in [6.45, 7) is 0. The standard InChI is InChI=1S/C25H29NO4S/c27-20-7-5-6-17(13-20)22-14-19(15-31-22)25(30)26-24-18-11-10-16(12-18)21(24)8-3-1-2-4-9-23(28)29/h1,3,5-7,13-16,18,21,24,27H,2,4,8-12H2,(H,26,30)(H,28,29)/b3-1-/t16-,18+,21-,24-/m1/s1. The molecule has 164 valence electrons. The molecule has 1 aromatic carbocycles. The fourth-order valence-electron chi connectivity index (χ4n) is 5.22. The van der Waals surface area contributed by atoms with Crippen molar-refractivity contribution in [2.45, 2.75) is 51.0 Å². The summed E-state index contributed by atoms with van der Waals surface area (Å²) in [5.41, 5.74) is 1.59. The lowest BCUT2D eigenvalue weighted by atomic mass is 9.82. The molecule has 2 aliphatic rings. The number of thiophene rings is 1. The number of rotatable bonds is 9. The van der Waals surface area contributed by atoms with Crippen molar-refractivity contribution in [3.8, 4) is 16.2 Å². The number of amides is 1. The van der Waals surface area contributed by atoms with Gasteiger partial charge in [0.2, 0.25) is 0 Å². The molecule has 0 aliphatic heterocycles. The number of unbranched alkanes of at least 4 members (excludes halogenated alkanes) is 1. The van der Waals surface area contributed by atoms with Gasteiger partial charge in [0, 0.05) is 22.7 Å². The summed E-state index contributed by atoms with van der Waals surface area (Å²) in [6, 6.07) is 9.20. The molecule has 4 rings (SSSR count). The Morgan fingerprint density at radius 1 is 1.16 bits per heavy atom. The van der Waals surface area contributed by atoms with Gasteiger partial charge in [-0.15, -0.1) is 11.3 Å². The first kappa shape index (κ1) is 21.6. The van der Waals surface area contributed by atoms with E-state index in [4.69, 9.17) is 5.11 Å². The van der Waals surface area contributed by atoms with Crippen LogP contribution in [0.1, 0.15) is 55.3 Å². The van der Waals surface area contributed by atoms with Crippen LogP contribution in [0.3, 0.4) is 0 Å². The molecule has 0 radical (unpaired) electrons. The van der Waals surface area contributed by atoms with Gasteiger partial charge in [-0.1, -0.05) is 24.3 Å². The van der Waals surface area contributed by atoms with Crippen molar-refractivity contribution in [2.75, 3.05) is 0 Å². The van der Waals surface area contributed by atoms with Gasteiger partial charge < -0.3 is 15.5 Å². The first-order chi connectivity index (χ1) is 15.0. The second kappa shape index (κ2) is 9.69. The van der Waals surface area contributed by atoms with Crippen LogP contribution in [0.5, 0.6) is 5.75 Å². The van der Waals surface area contributed by atoms with Gasteiger partial charge in [0.05, 0.1) is 5.56 Å². The smallest absolute Gasteiger partial charge is 0.303 e. The zero-order valence-electron chi connectivity index (χ0n) is 17.5. The number of carboxylic acid groups (broad SMARTS) is 1. The number of phenolic OH excluding ortho intramolecular Hbond substituents is 1. The molecule has 2 bridgehead atoms. The summed E-state index contributed by atoms with van der Waals surface area (Å²) in [4.78, 5) is 24.6. The molecule has 31 heavy (non-hydrogen) atoms. The molecule has 1 heterocycles. The largest absolute Gasteiger partial charge is 0.508 e. The van der Waals surface area contributed by atoms with Crippen LogP contribution in [0, 0.1) is 17.8 Å². The van der Waals surface area contributed by atoms with Crippen LogP contribution in [-0.4, -0.2) is 28.1 Å². The Morgan fingerprint density at radius 2 is 2.00 bits per heavy atom. The van der Waals surface area contributed by atoms with E-state index in [9.17, 15) is 14.7 Å². The van der Waals surface area contributed by atoms with Crippen molar-refractivity contribution in [3.63, 3.8) is 0 Å². The van der Waals surface area contributed by atoms with E-state index in [2.05, 4.69) is 17.5 Å². The monoisotopic (exact) mass is 439 g/mol.